The fourth-order valence-electron chi connectivity index (χ4n) is 9.88. The topological polar surface area (TPSA) is 178 Å². The van der Waals surface area contributed by atoms with E-state index in [0.29, 0.717) is 38.5 Å². The first-order valence-electron chi connectivity index (χ1n) is 14.7. The fourth-order valence-corrected chi connectivity index (χ4v) is 9.88. The van der Waals surface area contributed by atoms with Gasteiger partial charge in [-0.1, -0.05) is 6.92 Å². The molecule has 0 radical (unpaired) electrons. The van der Waals surface area contributed by atoms with Crippen LogP contribution in [-0.2, 0) is 19.0 Å². The highest BCUT2D eigenvalue weighted by Crippen LogP contribution is 2.70. The quantitative estimate of drug-likeness (QED) is 0.0947. The molecule has 224 valence electrons. The Morgan fingerprint density at radius 2 is 1.75 bits per heavy atom. The van der Waals surface area contributed by atoms with Crippen molar-refractivity contribution in [3.8, 4) is 0 Å². The number of carbonyl (C=O) groups excluding carboxylic acids is 1. The minimum atomic E-state index is -1.43. The normalized spacial score (nSPS) is 54.4. The Balaban J connectivity index is 1.24. The van der Waals surface area contributed by atoms with Gasteiger partial charge in [-0.05, 0) is 81.6 Å². The summed E-state index contributed by atoms with van der Waals surface area (Å²) in [4.78, 5) is 11.8. The third-order valence-electron chi connectivity index (χ3n) is 12.0. The van der Waals surface area contributed by atoms with Crippen molar-refractivity contribution in [2.24, 2.45) is 33.7 Å². The summed E-state index contributed by atoms with van der Waals surface area (Å²) >= 11 is 0. The van der Waals surface area contributed by atoms with Gasteiger partial charge in [0.1, 0.15) is 24.9 Å². The van der Waals surface area contributed by atoms with Crippen LogP contribution in [0.1, 0.15) is 71.6 Å². The number of hydrogen-bond donors (Lipinski definition) is 6. The van der Waals surface area contributed by atoms with Crippen LogP contribution < -0.4 is 0 Å². The maximum atomic E-state index is 12.4. The first-order chi connectivity index (χ1) is 18.9. The van der Waals surface area contributed by atoms with Crippen LogP contribution in [0.5, 0.6) is 0 Å². The number of rotatable bonds is 4. The number of oxime groups is 1. The molecule has 40 heavy (non-hydrogen) atoms. The molecule has 13 atom stereocenters. The summed E-state index contributed by atoms with van der Waals surface area (Å²) in [5.41, 5.74) is -2.62. The highest BCUT2D eigenvalue weighted by atomic mass is 16.7. The van der Waals surface area contributed by atoms with Gasteiger partial charge in [-0.2, -0.15) is 0 Å². The van der Waals surface area contributed by atoms with Gasteiger partial charge in [0, 0.05) is 23.3 Å². The number of ether oxygens (including phenoxy) is 3. The molecule has 0 unspecified atom stereocenters. The van der Waals surface area contributed by atoms with Gasteiger partial charge in [0.15, 0.2) is 6.29 Å². The molecule has 0 spiro atoms. The van der Waals surface area contributed by atoms with Crippen LogP contribution in [0, 0.1) is 28.6 Å². The van der Waals surface area contributed by atoms with E-state index in [1.54, 1.807) is 13.0 Å². The zero-order valence-corrected chi connectivity index (χ0v) is 23.2. The van der Waals surface area contributed by atoms with Crippen molar-refractivity contribution in [1.29, 1.82) is 0 Å². The van der Waals surface area contributed by atoms with Crippen LogP contribution in [0.15, 0.2) is 16.8 Å². The third kappa shape index (κ3) is 3.88. The highest BCUT2D eigenvalue weighted by Gasteiger charge is 2.71. The molecule has 1 saturated heterocycles. The Hall–Kier alpha value is -1.60. The number of hydrogen-bond acceptors (Lipinski definition) is 11. The SMILES string of the molecule is C[C@H]1O[C@@H](O[C@@H]2CC[C@]3(/C=N\O)[C@H]4CC[C@]5(C)[C@H](C6=CC(=O)OC6)CC[C@]5(O)[C@@H]4CC[C@@]3(O)C2)[C@H](O)[C@H](O)[C@H]1O. The number of carbonyl (C=O) groups is 1. The van der Waals surface area contributed by atoms with Crippen molar-refractivity contribution in [2.75, 3.05) is 6.61 Å². The Morgan fingerprint density at radius 1 is 1.00 bits per heavy atom. The van der Waals surface area contributed by atoms with Crippen molar-refractivity contribution in [2.45, 2.75) is 120 Å². The molecule has 6 aliphatic rings. The van der Waals surface area contributed by atoms with Gasteiger partial charge in [0.05, 0.1) is 29.6 Å². The lowest BCUT2D eigenvalue weighted by atomic mass is 9.41. The lowest BCUT2D eigenvalue weighted by Gasteiger charge is -2.65. The molecule has 4 aliphatic carbocycles. The molecule has 6 rings (SSSR count). The first-order valence-corrected chi connectivity index (χ1v) is 14.7. The minimum Gasteiger partial charge on any atom is -0.458 e. The predicted octanol–water partition coefficient (Wildman–Crippen LogP) is 1.01. The van der Waals surface area contributed by atoms with E-state index in [4.69, 9.17) is 14.2 Å². The van der Waals surface area contributed by atoms with Gasteiger partial charge >= 0.3 is 5.97 Å². The molecule has 2 heterocycles. The average molecular weight is 566 g/mol. The van der Waals surface area contributed by atoms with E-state index in [2.05, 4.69) is 12.1 Å². The zero-order chi connectivity index (χ0) is 28.7. The molecular weight excluding hydrogens is 522 g/mol. The number of aliphatic hydroxyl groups is 5. The van der Waals surface area contributed by atoms with Crippen LogP contribution in [0.4, 0.5) is 0 Å². The standard InChI is InChI=1S/C29H43NO10/c1-15-22(32)23(33)24(34)25(39-15)40-17-3-8-27(14-30-37)19-4-7-26(2)18(16-11-21(31)38-13-16)6-10-29(26,36)20(19)5-9-28(27,35)12-17/h11,14-15,17-20,22-25,32-37H,3-10,12-13H2,1-2H3/b30-14-/t15-,17-,18+,19+,20-,22+,23-,24-,25+,26-,27+,28-,29+/m1/s1. The van der Waals surface area contributed by atoms with Crippen LogP contribution in [0.25, 0.3) is 0 Å². The smallest absolute Gasteiger partial charge is 0.331 e. The van der Waals surface area contributed by atoms with Crippen molar-refractivity contribution < 1.29 is 49.7 Å². The van der Waals surface area contributed by atoms with Gasteiger partial charge in [0.25, 0.3) is 0 Å². The Kier molecular flexibility index (Phi) is 6.93. The third-order valence-corrected chi connectivity index (χ3v) is 12.0. The molecule has 11 heteroatoms. The lowest BCUT2D eigenvalue weighted by Crippen LogP contribution is -2.69. The van der Waals surface area contributed by atoms with E-state index < -0.39 is 58.8 Å². The maximum Gasteiger partial charge on any atom is 0.331 e. The summed E-state index contributed by atoms with van der Waals surface area (Å²) in [6, 6.07) is 0. The van der Waals surface area contributed by atoms with E-state index in [1.165, 1.54) is 6.21 Å². The molecular formula is C29H43NO10. The van der Waals surface area contributed by atoms with E-state index in [1.807, 2.05) is 0 Å². The van der Waals surface area contributed by atoms with Gasteiger partial charge in [-0.15, -0.1) is 5.16 Å². The van der Waals surface area contributed by atoms with Crippen molar-refractivity contribution in [1.82, 2.24) is 0 Å². The van der Waals surface area contributed by atoms with Crippen molar-refractivity contribution in [3.05, 3.63) is 11.6 Å². The lowest BCUT2D eigenvalue weighted by molar-refractivity contribution is -0.316. The van der Waals surface area contributed by atoms with Gasteiger partial charge < -0.3 is 45.0 Å². The van der Waals surface area contributed by atoms with E-state index in [-0.39, 0.29) is 36.8 Å². The molecule has 6 N–H and O–H groups in total. The van der Waals surface area contributed by atoms with Crippen LogP contribution >= 0.6 is 0 Å². The summed E-state index contributed by atoms with van der Waals surface area (Å²) in [6.07, 6.45) is 1.55. The summed E-state index contributed by atoms with van der Waals surface area (Å²) < 4.78 is 16.9. The second kappa shape index (κ2) is 9.72. The number of fused-ring (bicyclic) bond motifs is 5. The molecule has 0 bridgehead atoms. The van der Waals surface area contributed by atoms with Crippen LogP contribution in [-0.4, -0.2) is 97.5 Å². The number of aliphatic hydroxyl groups excluding tert-OH is 3. The maximum absolute atomic E-state index is 12.4. The Labute approximate surface area is 233 Å². The van der Waals surface area contributed by atoms with Crippen LogP contribution in [0.3, 0.4) is 0 Å². The molecule has 5 fully saturated rings. The Morgan fingerprint density at radius 3 is 2.45 bits per heavy atom. The largest absolute Gasteiger partial charge is 0.458 e. The molecule has 0 aromatic carbocycles. The first kappa shape index (κ1) is 28.5. The molecule has 2 aliphatic heterocycles. The van der Waals surface area contributed by atoms with E-state index in [0.717, 1.165) is 18.4 Å². The van der Waals surface area contributed by atoms with Gasteiger partial charge in [0.2, 0.25) is 0 Å². The monoisotopic (exact) mass is 565 g/mol. The average Bonchev–Trinajstić information content (AvgIpc) is 3.46. The Bertz CT molecular complexity index is 1080. The second-order valence-corrected chi connectivity index (χ2v) is 13.5. The van der Waals surface area contributed by atoms with E-state index in [9.17, 15) is 35.5 Å². The van der Waals surface area contributed by atoms with Crippen molar-refractivity contribution >= 4 is 12.2 Å². The summed E-state index contributed by atoms with van der Waals surface area (Å²) in [6.45, 7) is 4.00. The zero-order valence-electron chi connectivity index (χ0n) is 23.2. The predicted molar refractivity (Wildman–Crippen MR) is 139 cm³/mol. The van der Waals surface area contributed by atoms with Gasteiger partial charge in [-0.25, -0.2) is 4.79 Å². The minimum absolute atomic E-state index is 0.0514. The van der Waals surface area contributed by atoms with Crippen molar-refractivity contribution in [3.63, 3.8) is 0 Å². The fraction of sp³-hybridized carbons (Fsp3) is 0.862. The van der Waals surface area contributed by atoms with E-state index >= 15 is 0 Å². The molecule has 0 aromatic heterocycles. The second-order valence-electron chi connectivity index (χ2n) is 13.5. The summed E-state index contributed by atoms with van der Waals surface area (Å²) in [5, 5.41) is 68.7. The number of nitrogens with zero attached hydrogens (tertiary/aromatic N) is 1. The number of cyclic esters (lactones) is 1. The molecule has 4 saturated carbocycles. The van der Waals surface area contributed by atoms with Crippen LogP contribution in [0.2, 0.25) is 0 Å². The molecule has 11 nitrogen and oxygen atoms in total. The summed E-state index contributed by atoms with van der Waals surface area (Å²) in [5.74, 6) is -0.514. The molecule has 0 aromatic rings. The number of esters is 1. The summed E-state index contributed by atoms with van der Waals surface area (Å²) in [7, 11) is 0. The molecule has 0 amide bonds. The van der Waals surface area contributed by atoms with Gasteiger partial charge in [-0.3, -0.25) is 0 Å². The highest BCUT2D eigenvalue weighted by molar-refractivity contribution is 5.85.